The van der Waals surface area contributed by atoms with Gasteiger partial charge in [-0.2, -0.15) is 0 Å². The molecule has 1 amide bonds. The van der Waals surface area contributed by atoms with E-state index in [-0.39, 0.29) is 40.8 Å². The first-order valence-electron chi connectivity index (χ1n) is 11.8. The zero-order valence-corrected chi connectivity index (χ0v) is 22.8. The van der Waals surface area contributed by atoms with E-state index in [9.17, 15) is 23.1 Å². The summed E-state index contributed by atoms with van der Waals surface area (Å²) in [7, 11) is -3.34. The van der Waals surface area contributed by atoms with Crippen molar-refractivity contribution in [1.82, 2.24) is 4.90 Å². The summed E-state index contributed by atoms with van der Waals surface area (Å²) in [5.41, 5.74) is 1.69. The van der Waals surface area contributed by atoms with Gasteiger partial charge in [0.25, 0.3) is 5.91 Å². The van der Waals surface area contributed by atoms with Crippen molar-refractivity contribution in [3.05, 3.63) is 99.5 Å². The van der Waals surface area contributed by atoms with Crippen molar-refractivity contribution in [3.8, 4) is 0 Å². The number of rotatable bonds is 11. The van der Waals surface area contributed by atoms with Crippen LogP contribution in [-0.2, 0) is 16.4 Å². The molecule has 0 fully saturated rings. The van der Waals surface area contributed by atoms with Crippen molar-refractivity contribution in [2.45, 2.75) is 43.7 Å². The first-order valence-corrected chi connectivity index (χ1v) is 14.4. The molecule has 36 heavy (non-hydrogen) atoms. The lowest BCUT2D eigenvalue weighted by molar-refractivity contribution is 0.0584. The number of carbonyl (C=O) groups excluding carboxylic acids is 2. The number of aliphatic hydroxyl groups is 1. The molecule has 0 heterocycles. The van der Waals surface area contributed by atoms with Crippen molar-refractivity contribution in [2.24, 2.45) is 0 Å². The molecule has 1 unspecified atom stereocenters. The summed E-state index contributed by atoms with van der Waals surface area (Å²) in [5, 5.41) is 10.6. The predicted octanol–water partition coefficient (Wildman–Crippen LogP) is 5.28. The Morgan fingerprint density at radius 3 is 2.25 bits per heavy atom. The maximum absolute atomic E-state index is 13.8. The zero-order chi connectivity index (χ0) is 26.3. The largest absolute Gasteiger partial charge is 0.391 e. The number of hydrogen-bond donors (Lipinski definition) is 1. The zero-order valence-electron chi connectivity index (χ0n) is 20.4. The molecule has 0 aliphatic heterocycles. The highest BCUT2D eigenvalue weighted by molar-refractivity contribution is 9.10. The summed E-state index contributed by atoms with van der Waals surface area (Å²) in [6, 6.07) is 20.0. The molecule has 6 nitrogen and oxygen atoms in total. The minimum atomic E-state index is -3.34. The van der Waals surface area contributed by atoms with E-state index >= 15 is 0 Å². The minimum Gasteiger partial charge on any atom is -0.391 e. The van der Waals surface area contributed by atoms with Crippen LogP contribution in [0.5, 0.6) is 0 Å². The van der Waals surface area contributed by atoms with Crippen LogP contribution in [0, 0.1) is 0 Å². The Morgan fingerprint density at radius 2 is 1.64 bits per heavy atom. The first kappa shape index (κ1) is 27.8. The molecular formula is C28H30BrNO5S. The van der Waals surface area contributed by atoms with E-state index in [0.717, 1.165) is 19.1 Å². The molecule has 0 saturated carbocycles. The van der Waals surface area contributed by atoms with Crippen LogP contribution in [0.2, 0.25) is 0 Å². The number of amides is 1. The molecule has 3 rings (SSSR count). The highest BCUT2D eigenvalue weighted by Gasteiger charge is 2.25. The molecule has 0 saturated heterocycles. The number of ketones is 1. The van der Waals surface area contributed by atoms with Gasteiger partial charge in [-0.1, -0.05) is 78.2 Å². The quantitative estimate of drug-likeness (QED) is 0.316. The van der Waals surface area contributed by atoms with Gasteiger partial charge in [0.2, 0.25) is 0 Å². The summed E-state index contributed by atoms with van der Waals surface area (Å²) in [6.45, 7) is 2.27. The predicted molar refractivity (Wildman–Crippen MR) is 144 cm³/mol. The van der Waals surface area contributed by atoms with E-state index in [2.05, 4.69) is 15.9 Å². The second-order valence-corrected chi connectivity index (χ2v) is 11.7. The molecule has 0 spiro atoms. The van der Waals surface area contributed by atoms with Gasteiger partial charge in [-0.05, 0) is 42.3 Å². The van der Waals surface area contributed by atoms with Gasteiger partial charge in [0.15, 0.2) is 15.6 Å². The molecule has 0 aliphatic rings. The Kier molecular flexibility index (Phi) is 9.59. The first-order chi connectivity index (χ1) is 17.1. The van der Waals surface area contributed by atoms with Crippen LogP contribution in [0.1, 0.15) is 58.0 Å². The van der Waals surface area contributed by atoms with Crippen molar-refractivity contribution in [2.75, 3.05) is 12.8 Å². The van der Waals surface area contributed by atoms with Gasteiger partial charge < -0.3 is 10.0 Å². The van der Waals surface area contributed by atoms with Crippen LogP contribution in [0.4, 0.5) is 0 Å². The third-order valence-corrected chi connectivity index (χ3v) is 7.45. The molecule has 3 aromatic rings. The lowest BCUT2D eigenvalue weighted by Crippen LogP contribution is -2.38. The minimum absolute atomic E-state index is 0.0850. The monoisotopic (exact) mass is 571 g/mol. The van der Waals surface area contributed by atoms with Gasteiger partial charge in [-0.15, -0.1) is 0 Å². The molecule has 3 aromatic carbocycles. The highest BCUT2D eigenvalue weighted by Crippen LogP contribution is 2.23. The summed E-state index contributed by atoms with van der Waals surface area (Å²) in [4.78, 5) is 28.8. The molecule has 0 bridgehead atoms. The van der Waals surface area contributed by atoms with E-state index in [0.29, 0.717) is 22.0 Å². The Hall–Kier alpha value is -2.81. The number of benzene rings is 3. The maximum Gasteiger partial charge on any atom is 0.254 e. The standard InChI is InChI=1S/C28H30BrNO5S/c1-3-4-10-23(31)19-30(18-20-11-14-24(15-12-20)36(2,34)35)28(33)25-16-13-22(29)17-26(25)27(32)21-8-6-5-7-9-21/h5-9,11-17,23,31H,3-4,10,18-19H2,1-2H3. The molecular weight excluding hydrogens is 542 g/mol. The number of nitrogens with zero attached hydrogens (tertiary/aromatic N) is 1. The number of carbonyl (C=O) groups is 2. The van der Waals surface area contributed by atoms with Crippen molar-refractivity contribution < 1.29 is 23.1 Å². The lowest BCUT2D eigenvalue weighted by Gasteiger charge is -2.26. The second kappa shape index (κ2) is 12.4. The number of hydrogen-bond acceptors (Lipinski definition) is 5. The highest BCUT2D eigenvalue weighted by atomic mass is 79.9. The second-order valence-electron chi connectivity index (χ2n) is 8.78. The third kappa shape index (κ3) is 7.35. The van der Waals surface area contributed by atoms with Gasteiger partial charge in [-0.25, -0.2) is 8.42 Å². The SMILES string of the molecule is CCCCC(O)CN(Cc1ccc(S(C)(=O)=O)cc1)C(=O)c1ccc(Br)cc1C(=O)c1ccccc1. The number of halogens is 1. The van der Waals surface area contributed by atoms with Crippen molar-refractivity contribution in [3.63, 3.8) is 0 Å². The van der Waals surface area contributed by atoms with Gasteiger partial charge in [0.1, 0.15) is 0 Å². The Morgan fingerprint density at radius 1 is 0.972 bits per heavy atom. The van der Waals surface area contributed by atoms with Crippen LogP contribution in [0.15, 0.2) is 82.2 Å². The number of sulfone groups is 1. The Labute approximate surface area is 221 Å². The van der Waals surface area contributed by atoms with E-state index in [1.165, 1.54) is 17.0 Å². The van der Waals surface area contributed by atoms with Crippen molar-refractivity contribution >= 4 is 37.5 Å². The van der Waals surface area contributed by atoms with Crippen LogP contribution < -0.4 is 0 Å². The van der Waals surface area contributed by atoms with E-state index in [1.54, 1.807) is 54.6 Å². The Balaban J connectivity index is 1.97. The molecule has 1 N–H and O–H groups in total. The Bertz CT molecular complexity index is 1310. The van der Waals surface area contributed by atoms with Crippen LogP contribution >= 0.6 is 15.9 Å². The van der Waals surface area contributed by atoms with Crippen LogP contribution in [0.25, 0.3) is 0 Å². The molecule has 1 atom stereocenters. The fraction of sp³-hybridized carbons (Fsp3) is 0.286. The summed E-state index contributed by atoms with van der Waals surface area (Å²) in [6.07, 6.45) is 2.69. The summed E-state index contributed by atoms with van der Waals surface area (Å²) >= 11 is 3.40. The molecule has 0 aromatic heterocycles. The fourth-order valence-corrected chi connectivity index (χ4v) is 4.86. The average Bonchev–Trinajstić information content (AvgIpc) is 2.86. The molecule has 190 valence electrons. The number of aliphatic hydroxyl groups excluding tert-OH is 1. The third-order valence-electron chi connectivity index (χ3n) is 5.83. The van der Waals surface area contributed by atoms with E-state index in [1.807, 2.05) is 13.0 Å². The summed E-state index contributed by atoms with van der Waals surface area (Å²) < 4.78 is 24.3. The lowest BCUT2D eigenvalue weighted by atomic mass is 9.97. The number of unbranched alkanes of at least 4 members (excludes halogenated alkanes) is 1. The van der Waals surface area contributed by atoms with Gasteiger partial charge in [0, 0.05) is 34.9 Å². The molecule has 8 heteroatoms. The van der Waals surface area contributed by atoms with Gasteiger partial charge in [0.05, 0.1) is 16.6 Å². The molecule has 0 aliphatic carbocycles. The van der Waals surface area contributed by atoms with E-state index < -0.39 is 15.9 Å². The van der Waals surface area contributed by atoms with E-state index in [4.69, 9.17) is 0 Å². The average molecular weight is 573 g/mol. The van der Waals surface area contributed by atoms with Crippen LogP contribution in [0.3, 0.4) is 0 Å². The van der Waals surface area contributed by atoms with Crippen molar-refractivity contribution in [1.29, 1.82) is 0 Å². The molecule has 0 radical (unpaired) electrons. The smallest absolute Gasteiger partial charge is 0.254 e. The summed E-state index contributed by atoms with van der Waals surface area (Å²) in [5.74, 6) is -0.659. The maximum atomic E-state index is 13.8. The van der Waals surface area contributed by atoms with Crippen LogP contribution in [-0.4, -0.2) is 49.0 Å². The topological polar surface area (TPSA) is 91.8 Å². The normalized spacial score (nSPS) is 12.2. The van der Waals surface area contributed by atoms with Gasteiger partial charge in [-0.3, -0.25) is 9.59 Å². The van der Waals surface area contributed by atoms with Gasteiger partial charge >= 0.3 is 0 Å². The fourth-order valence-electron chi connectivity index (χ4n) is 3.87.